The summed E-state index contributed by atoms with van der Waals surface area (Å²) < 4.78 is 4.08. The van der Waals surface area contributed by atoms with Crippen molar-refractivity contribution in [1.82, 2.24) is 24.6 Å². The first kappa shape index (κ1) is 26.6. The molecule has 1 N–H and O–H groups in total. The van der Waals surface area contributed by atoms with Crippen molar-refractivity contribution < 1.29 is 4.79 Å². The third-order valence-electron chi connectivity index (χ3n) is 7.01. The van der Waals surface area contributed by atoms with Crippen LogP contribution in [0.25, 0.3) is 11.5 Å². The number of likely N-dealkylation sites (tertiary alicyclic amines) is 1. The average Bonchev–Trinajstić information content (AvgIpc) is 3.63. The molecular formula is C30H34ClN5OS. The molecule has 1 aliphatic rings. The van der Waals surface area contributed by atoms with Crippen molar-refractivity contribution >= 4 is 29.3 Å². The highest BCUT2D eigenvalue weighted by Crippen LogP contribution is 2.24. The maximum absolute atomic E-state index is 12.5. The summed E-state index contributed by atoms with van der Waals surface area (Å²) in [4.78, 5) is 15.0. The lowest BCUT2D eigenvalue weighted by Gasteiger charge is -2.32. The number of carbonyl (C=O) groups is 1. The van der Waals surface area contributed by atoms with Gasteiger partial charge in [-0.3, -0.25) is 9.69 Å². The molecule has 2 aromatic heterocycles. The number of halogens is 1. The Bertz CT molecular complexity index is 1280. The van der Waals surface area contributed by atoms with Gasteiger partial charge in [0.25, 0.3) is 0 Å². The van der Waals surface area contributed by atoms with Crippen molar-refractivity contribution in [2.24, 2.45) is 5.92 Å². The number of amides is 1. The minimum atomic E-state index is 0.145. The second-order valence-corrected chi connectivity index (χ2v) is 11.3. The molecule has 0 spiro atoms. The summed E-state index contributed by atoms with van der Waals surface area (Å²) in [6.07, 6.45) is 8.80. The van der Waals surface area contributed by atoms with Gasteiger partial charge in [-0.25, -0.2) is 4.68 Å². The number of para-hydroxylation sites is 1. The molecule has 0 radical (unpaired) electrons. The van der Waals surface area contributed by atoms with Crippen LogP contribution in [0.15, 0.2) is 85.3 Å². The monoisotopic (exact) mass is 547 g/mol. The first-order valence-electron chi connectivity index (χ1n) is 13.2. The minimum Gasteiger partial charge on any atom is -0.356 e. The van der Waals surface area contributed by atoms with E-state index >= 15 is 0 Å². The van der Waals surface area contributed by atoms with Crippen molar-refractivity contribution in [1.29, 1.82) is 0 Å². The summed E-state index contributed by atoms with van der Waals surface area (Å²) >= 11 is 7.77. The summed E-state index contributed by atoms with van der Waals surface area (Å²) in [5.74, 6) is 3.33. The fourth-order valence-electron chi connectivity index (χ4n) is 4.88. The zero-order valence-electron chi connectivity index (χ0n) is 21.5. The van der Waals surface area contributed by atoms with Gasteiger partial charge in [0.1, 0.15) is 5.82 Å². The van der Waals surface area contributed by atoms with Crippen LogP contribution >= 0.6 is 23.4 Å². The van der Waals surface area contributed by atoms with Crippen LogP contribution in [0, 0.1) is 5.92 Å². The van der Waals surface area contributed by atoms with E-state index in [9.17, 15) is 4.79 Å². The Kier molecular flexibility index (Phi) is 9.23. The number of hydrogen-bond acceptors (Lipinski definition) is 4. The Morgan fingerprint density at radius 1 is 1.00 bits per heavy atom. The minimum absolute atomic E-state index is 0.145. The van der Waals surface area contributed by atoms with Gasteiger partial charge in [-0.05, 0) is 73.8 Å². The highest BCUT2D eigenvalue weighted by atomic mass is 35.5. The van der Waals surface area contributed by atoms with Gasteiger partial charge in [0, 0.05) is 54.0 Å². The van der Waals surface area contributed by atoms with Gasteiger partial charge in [-0.2, -0.15) is 16.9 Å². The molecule has 6 nitrogen and oxygen atoms in total. The lowest BCUT2D eigenvalue weighted by Crippen LogP contribution is -2.38. The summed E-state index contributed by atoms with van der Waals surface area (Å²) in [5, 5.41) is 8.62. The summed E-state index contributed by atoms with van der Waals surface area (Å²) in [6.45, 7) is 3.88. The van der Waals surface area contributed by atoms with Crippen molar-refractivity contribution in [3.63, 3.8) is 0 Å². The molecule has 198 valence electrons. The fourth-order valence-corrected chi connectivity index (χ4v) is 5.90. The molecule has 1 fully saturated rings. The van der Waals surface area contributed by atoms with Gasteiger partial charge in [-0.15, -0.1) is 0 Å². The van der Waals surface area contributed by atoms with Crippen LogP contribution in [0.5, 0.6) is 0 Å². The van der Waals surface area contributed by atoms with Gasteiger partial charge < -0.3 is 9.88 Å². The second kappa shape index (κ2) is 13.2. The van der Waals surface area contributed by atoms with Crippen LogP contribution < -0.4 is 5.32 Å². The van der Waals surface area contributed by atoms with Crippen LogP contribution in [0.1, 0.15) is 30.4 Å². The third kappa shape index (κ3) is 7.10. The molecule has 38 heavy (non-hydrogen) atoms. The number of nitrogens with zero attached hydrogens (tertiary/aromatic N) is 4. The zero-order valence-corrected chi connectivity index (χ0v) is 23.1. The Morgan fingerprint density at radius 3 is 2.47 bits per heavy atom. The molecule has 0 atom stereocenters. The van der Waals surface area contributed by atoms with E-state index < -0.39 is 0 Å². The van der Waals surface area contributed by atoms with Crippen molar-refractivity contribution in [2.75, 3.05) is 25.4 Å². The molecule has 1 amide bonds. The average molecular weight is 548 g/mol. The third-order valence-corrected chi connectivity index (χ3v) is 8.27. The summed E-state index contributed by atoms with van der Waals surface area (Å²) in [5.41, 5.74) is 3.48. The predicted octanol–water partition coefficient (Wildman–Crippen LogP) is 5.97. The van der Waals surface area contributed by atoms with Crippen LogP contribution in [0.3, 0.4) is 0 Å². The van der Waals surface area contributed by atoms with Crippen LogP contribution in [-0.4, -0.2) is 50.5 Å². The van der Waals surface area contributed by atoms with E-state index in [0.29, 0.717) is 12.3 Å². The van der Waals surface area contributed by atoms with E-state index in [2.05, 4.69) is 44.1 Å². The predicted molar refractivity (Wildman–Crippen MR) is 156 cm³/mol. The topological polar surface area (TPSA) is 55.1 Å². The lowest BCUT2D eigenvalue weighted by atomic mass is 9.96. The quantitative estimate of drug-likeness (QED) is 0.235. The standard InChI is InChI=1S/C30H34ClN5OS/c31-27-10-8-25(9-11-27)22-34-17-12-24(13-18-34)20-32-29(37)14-19-38-23-26-21-33-36(28-6-2-1-3-7-28)30(26)35-15-4-5-16-35/h1-11,15-16,21,24H,12-14,17-20,22-23H2,(H,32,37). The molecule has 1 saturated heterocycles. The molecule has 0 bridgehead atoms. The molecule has 4 aromatic rings. The summed E-state index contributed by atoms with van der Waals surface area (Å²) in [6, 6.07) is 22.3. The molecule has 3 heterocycles. The largest absolute Gasteiger partial charge is 0.356 e. The highest BCUT2D eigenvalue weighted by molar-refractivity contribution is 7.98. The molecule has 0 unspecified atom stereocenters. The SMILES string of the molecule is O=C(CCSCc1cnn(-c2ccccc2)c1-n1cccc1)NCC1CCN(Cc2ccc(Cl)cc2)CC1. The van der Waals surface area contributed by atoms with E-state index in [0.717, 1.165) is 72.6 Å². The van der Waals surface area contributed by atoms with E-state index in [1.165, 1.54) is 5.56 Å². The number of carbonyl (C=O) groups excluding carboxylic acids is 1. The van der Waals surface area contributed by atoms with Crippen LogP contribution in [0.4, 0.5) is 0 Å². The van der Waals surface area contributed by atoms with Crippen LogP contribution in [-0.2, 0) is 17.1 Å². The van der Waals surface area contributed by atoms with Crippen molar-refractivity contribution in [3.8, 4) is 11.5 Å². The maximum atomic E-state index is 12.5. The van der Waals surface area contributed by atoms with Crippen LogP contribution in [0.2, 0.25) is 5.02 Å². The Balaban J connectivity index is 1.03. The number of aromatic nitrogens is 3. The Morgan fingerprint density at radius 2 is 1.74 bits per heavy atom. The number of benzene rings is 2. The van der Waals surface area contributed by atoms with Crippen molar-refractivity contribution in [2.45, 2.75) is 31.6 Å². The number of thioether (sulfide) groups is 1. The van der Waals surface area contributed by atoms with E-state index in [1.54, 1.807) is 11.8 Å². The van der Waals surface area contributed by atoms with Gasteiger partial charge in [-0.1, -0.05) is 41.9 Å². The molecule has 0 aliphatic carbocycles. The molecule has 1 aliphatic heterocycles. The summed E-state index contributed by atoms with van der Waals surface area (Å²) in [7, 11) is 0. The first-order valence-corrected chi connectivity index (χ1v) is 14.8. The van der Waals surface area contributed by atoms with E-state index in [-0.39, 0.29) is 5.91 Å². The molecular weight excluding hydrogens is 514 g/mol. The Labute approximate surface area is 234 Å². The van der Waals surface area contributed by atoms with Crippen molar-refractivity contribution in [3.05, 3.63) is 101 Å². The van der Waals surface area contributed by atoms with Gasteiger partial charge in [0.2, 0.25) is 5.91 Å². The van der Waals surface area contributed by atoms with Gasteiger partial charge >= 0.3 is 0 Å². The Hall–Kier alpha value is -3.00. The van der Waals surface area contributed by atoms with E-state index in [4.69, 9.17) is 11.6 Å². The molecule has 5 rings (SSSR count). The molecule has 2 aromatic carbocycles. The normalized spacial score (nSPS) is 14.6. The number of piperidine rings is 1. The van der Waals surface area contributed by atoms with E-state index in [1.807, 2.05) is 65.7 Å². The first-order chi connectivity index (χ1) is 18.7. The second-order valence-electron chi connectivity index (χ2n) is 9.78. The zero-order chi connectivity index (χ0) is 26.2. The molecule has 0 saturated carbocycles. The maximum Gasteiger partial charge on any atom is 0.220 e. The number of nitrogens with one attached hydrogen (secondary N) is 1. The smallest absolute Gasteiger partial charge is 0.220 e. The number of rotatable bonds is 11. The van der Waals surface area contributed by atoms with Gasteiger partial charge in [0.05, 0.1) is 11.9 Å². The molecule has 8 heteroatoms. The van der Waals surface area contributed by atoms with Gasteiger partial charge in [0.15, 0.2) is 0 Å². The number of hydrogen-bond donors (Lipinski definition) is 1. The highest BCUT2D eigenvalue weighted by Gasteiger charge is 2.20. The fraction of sp³-hybridized carbons (Fsp3) is 0.333. The lowest BCUT2D eigenvalue weighted by molar-refractivity contribution is -0.120.